The summed E-state index contributed by atoms with van der Waals surface area (Å²) in [5.41, 5.74) is 8.03. The predicted molar refractivity (Wildman–Crippen MR) is 273 cm³/mol. The zero-order valence-electron chi connectivity index (χ0n) is 35.9. The van der Waals surface area contributed by atoms with Gasteiger partial charge in [0.05, 0.1) is 13.2 Å². The van der Waals surface area contributed by atoms with Crippen LogP contribution in [0.3, 0.4) is 0 Å². The smallest absolute Gasteiger partial charge is 0.136 e. The van der Waals surface area contributed by atoms with Crippen LogP contribution in [0, 0.1) is 0 Å². The van der Waals surface area contributed by atoms with Gasteiger partial charge in [0.1, 0.15) is 23.0 Å². The first kappa shape index (κ1) is 39.3. The molecule has 66 heavy (non-hydrogen) atoms. The molecule has 4 nitrogen and oxygen atoms in total. The molecule has 0 fully saturated rings. The lowest BCUT2D eigenvalue weighted by Gasteiger charge is -2.21. The second-order valence-corrected chi connectivity index (χ2v) is 16.9. The zero-order valence-corrected chi connectivity index (χ0v) is 35.9. The lowest BCUT2D eigenvalue weighted by Crippen LogP contribution is -1.97. The maximum absolute atomic E-state index is 10.3. The number of benzene rings is 12. The molecule has 12 aromatic rings. The summed E-state index contributed by atoms with van der Waals surface area (Å²) in [5.74, 6) is 2.70. The van der Waals surface area contributed by atoms with Gasteiger partial charge in [-0.25, -0.2) is 0 Å². The molecule has 2 N–H and O–H groups in total. The van der Waals surface area contributed by atoms with Gasteiger partial charge < -0.3 is 19.7 Å². The van der Waals surface area contributed by atoms with Crippen LogP contribution in [0.1, 0.15) is 11.1 Å². The monoisotopic (exact) mass is 850 g/mol. The van der Waals surface area contributed by atoms with Gasteiger partial charge in [0.15, 0.2) is 0 Å². The minimum absolute atomic E-state index is 0.0769. The Balaban J connectivity index is 1.14. The van der Waals surface area contributed by atoms with E-state index in [4.69, 9.17) is 9.47 Å². The Hall–Kier alpha value is -8.28. The third-order valence-corrected chi connectivity index (χ3v) is 13.1. The molecule has 314 valence electrons. The third kappa shape index (κ3) is 6.71. The lowest BCUT2D eigenvalue weighted by atomic mass is 9.89. The minimum Gasteiger partial charge on any atom is -0.456 e. The minimum atomic E-state index is -0.0769. The Labute approximate surface area is 381 Å². The van der Waals surface area contributed by atoms with Crippen molar-refractivity contribution in [3.8, 4) is 56.4 Å². The number of rotatable bonds is 9. The molecule has 0 aromatic heterocycles. The third-order valence-electron chi connectivity index (χ3n) is 13.1. The van der Waals surface area contributed by atoms with Gasteiger partial charge in [-0.15, -0.1) is 0 Å². The number of aliphatic hydroxyl groups is 2. The molecule has 0 spiro atoms. The summed E-state index contributed by atoms with van der Waals surface area (Å²) in [5, 5.41) is 33.2. The fourth-order valence-corrected chi connectivity index (χ4v) is 9.95. The first-order valence-electron chi connectivity index (χ1n) is 22.3. The van der Waals surface area contributed by atoms with Crippen LogP contribution in [0.4, 0.5) is 0 Å². The van der Waals surface area contributed by atoms with Crippen molar-refractivity contribution in [2.24, 2.45) is 0 Å². The molecule has 12 rings (SSSR count). The molecule has 0 radical (unpaired) electrons. The Morgan fingerprint density at radius 3 is 1.09 bits per heavy atom. The van der Waals surface area contributed by atoms with Gasteiger partial charge in [-0.2, -0.15) is 0 Å². The summed E-state index contributed by atoms with van der Waals surface area (Å²) in [7, 11) is 0. The van der Waals surface area contributed by atoms with Gasteiger partial charge in [0.2, 0.25) is 0 Å². The molecule has 4 heteroatoms. The molecule has 0 aliphatic carbocycles. The largest absolute Gasteiger partial charge is 0.456 e. The fraction of sp³-hybridized carbons (Fsp3) is 0.0323. The van der Waals surface area contributed by atoms with Crippen molar-refractivity contribution in [2.45, 2.75) is 13.2 Å². The number of fused-ring (bicyclic) bond motifs is 6. The van der Waals surface area contributed by atoms with Crippen molar-refractivity contribution in [3.05, 3.63) is 230 Å². The van der Waals surface area contributed by atoms with Gasteiger partial charge in [0.25, 0.3) is 0 Å². The molecule has 0 amide bonds. The highest BCUT2D eigenvalue weighted by molar-refractivity contribution is 6.12. The average molecular weight is 851 g/mol. The van der Waals surface area contributed by atoms with Crippen LogP contribution in [0.25, 0.3) is 98.0 Å². The molecule has 0 atom stereocenters. The Kier molecular flexibility index (Phi) is 9.75. The van der Waals surface area contributed by atoms with Gasteiger partial charge in [0, 0.05) is 21.9 Å². The molecule has 12 aromatic carbocycles. The van der Waals surface area contributed by atoms with Gasteiger partial charge in [-0.3, -0.25) is 0 Å². The van der Waals surface area contributed by atoms with E-state index in [-0.39, 0.29) is 13.2 Å². The number of aliphatic hydroxyl groups excluding tert-OH is 2. The van der Waals surface area contributed by atoms with E-state index in [0.717, 1.165) is 76.5 Å². The Morgan fingerprint density at radius 1 is 0.273 bits per heavy atom. The fourth-order valence-electron chi connectivity index (χ4n) is 9.95. The van der Waals surface area contributed by atoms with Gasteiger partial charge in [-0.05, 0) is 124 Å². The summed E-state index contributed by atoms with van der Waals surface area (Å²) in [6.07, 6.45) is 0. The highest BCUT2D eigenvalue weighted by Crippen LogP contribution is 2.50. The Morgan fingerprint density at radius 2 is 0.652 bits per heavy atom. The summed E-state index contributed by atoms with van der Waals surface area (Å²) in [4.78, 5) is 0. The molecule has 0 saturated heterocycles. The topological polar surface area (TPSA) is 58.9 Å². The molecule has 0 heterocycles. The summed E-state index contributed by atoms with van der Waals surface area (Å²) in [6.45, 7) is -0.154. The van der Waals surface area contributed by atoms with E-state index in [2.05, 4.69) is 146 Å². The predicted octanol–water partition coefficient (Wildman–Crippen LogP) is 16.2. The first-order valence-corrected chi connectivity index (χ1v) is 22.3. The molecule has 0 aliphatic heterocycles. The molecule has 0 aliphatic rings. The van der Waals surface area contributed by atoms with Crippen LogP contribution in [-0.4, -0.2) is 10.2 Å². The van der Waals surface area contributed by atoms with Crippen LogP contribution in [0.5, 0.6) is 23.0 Å². The lowest BCUT2D eigenvalue weighted by molar-refractivity contribution is 0.283. The van der Waals surface area contributed by atoms with Crippen molar-refractivity contribution in [2.75, 3.05) is 0 Å². The number of hydrogen-bond donors (Lipinski definition) is 2. The standard InChI is InChI=1S/C62H42O4/c63-37-45-27-31-57(55-19-7-5-17-51(45)55)65-59-33-25-43-35-41(49-21-9-13-39-11-1-3-15-47(39)49)23-29-53(43)61(59)62-54-30-24-42(50-22-10-14-40-12-2-4-16-48(40)50)36-44(54)26-34-60(62)66-58-32-28-46(38-64)52-18-6-8-20-56(52)58/h1-36,63-64H,37-38H2. The molecular formula is C62H42O4. The van der Waals surface area contributed by atoms with Crippen molar-refractivity contribution in [1.29, 1.82) is 0 Å². The van der Waals surface area contributed by atoms with Crippen molar-refractivity contribution >= 4 is 64.6 Å². The molecule has 0 unspecified atom stereocenters. The van der Waals surface area contributed by atoms with Crippen LogP contribution >= 0.6 is 0 Å². The molecule has 0 saturated carbocycles. The second-order valence-electron chi connectivity index (χ2n) is 16.9. The quantitative estimate of drug-likeness (QED) is 0.152. The average Bonchev–Trinajstić information content (AvgIpc) is 3.38. The van der Waals surface area contributed by atoms with E-state index in [1.807, 2.05) is 72.8 Å². The van der Waals surface area contributed by atoms with Gasteiger partial charge >= 0.3 is 0 Å². The van der Waals surface area contributed by atoms with E-state index in [9.17, 15) is 10.2 Å². The highest BCUT2D eigenvalue weighted by atomic mass is 16.5. The van der Waals surface area contributed by atoms with Crippen LogP contribution in [-0.2, 0) is 13.2 Å². The number of hydrogen-bond acceptors (Lipinski definition) is 4. The SMILES string of the molecule is OCc1ccc(Oc2ccc3cc(-c4cccc5ccccc45)ccc3c2-c2c(Oc3ccc(CO)c4ccccc34)ccc3cc(-c4cccc5ccccc45)ccc23)c2ccccc12. The Bertz CT molecular complexity index is 3600. The molecular weight excluding hydrogens is 809 g/mol. The highest BCUT2D eigenvalue weighted by Gasteiger charge is 2.23. The van der Waals surface area contributed by atoms with Crippen molar-refractivity contribution in [3.63, 3.8) is 0 Å². The van der Waals surface area contributed by atoms with E-state index >= 15 is 0 Å². The van der Waals surface area contributed by atoms with Crippen LogP contribution in [0.15, 0.2) is 218 Å². The van der Waals surface area contributed by atoms with E-state index in [1.54, 1.807) is 0 Å². The maximum Gasteiger partial charge on any atom is 0.136 e. The first-order chi connectivity index (χ1) is 32.6. The second kappa shape index (κ2) is 16.4. The summed E-state index contributed by atoms with van der Waals surface area (Å²) in [6, 6.07) is 75.8. The van der Waals surface area contributed by atoms with E-state index in [1.165, 1.54) is 32.7 Å². The van der Waals surface area contributed by atoms with E-state index in [0.29, 0.717) is 23.0 Å². The van der Waals surface area contributed by atoms with Crippen LogP contribution < -0.4 is 9.47 Å². The van der Waals surface area contributed by atoms with Crippen molar-refractivity contribution in [1.82, 2.24) is 0 Å². The normalized spacial score (nSPS) is 11.6. The van der Waals surface area contributed by atoms with Gasteiger partial charge in [-0.1, -0.05) is 182 Å². The summed E-state index contributed by atoms with van der Waals surface area (Å²) < 4.78 is 14.4. The van der Waals surface area contributed by atoms with Crippen molar-refractivity contribution < 1.29 is 19.7 Å². The van der Waals surface area contributed by atoms with E-state index < -0.39 is 0 Å². The number of ether oxygens (including phenoxy) is 2. The maximum atomic E-state index is 10.3. The molecule has 0 bridgehead atoms. The zero-order chi connectivity index (χ0) is 44.1. The van der Waals surface area contributed by atoms with Crippen LogP contribution in [0.2, 0.25) is 0 Å². The summed E-state index contributed by atoms with van der Waals surface area (Å²) >= 11 is 0.